The molecule has 0 aliphatic heterocycles. The van der Waals surface area contributed by atoms with Crippen LogP contribution >= 0.6 is 31.9 Å². The van der Waals surface area contributed by atoms with Gasteiger partial charge in [0.2, 0.25) is 0 Å². The Bertz CT molecular complexity index is 820. The summed E-state index contributed by atoms with van der Waals surface area (Å²) in [6.07, 6.45) is 9.99. The zero-order chi connectivity index (χ0) is 26.5. The molecule has 0 amide bonds. The van der Waals surface area contributed by atoms with Crippen molar-refractivity contribution in [3.8, 4) is 22.6 Å². The molecule has 36 heavy (non-hydrogen) atoms. The molecule has 0 aromatic heterocycles. The lowest BCUT2D eigenvalue weighted by molar-refractivity contribution is 0.275. The molecule has 2 atom stereocenters. The van der Waals surface area contributed by atoms with Gasteiger partial charge in [0.15, 0.2) is 0 Å². The van der Waals surface area contributed by atoms with E-state index in [0.717, 1.165) is 69.5 Å². The highest BCUT2D eigenvalue weighted by Gasteiger charge is 2.12. The SMILES string of the molecule is CC(C)CCCC(C)CCOc1ccc(Br)c(-c2cc(OCCC(C)CCCC(C)C)ccc2Br)c1. The van der Waals surface area contributed by atoms with E-state index in [1.165, 1.54) is 38.5 Å². The van der Waals surface area contributed by atoms with E-state index in [-0.39, 0.29) is 0 Å². The second kappa shape index (κ2) is 16.8. The summed E-state index contributed by atoms with van der Waals surface area (Å²) < 4.78 is 14.4. The molecule has 2 aromatic carbocycles. The van der Waals surface area contributed by atoms with Crippen molar-refractivity contribution in [1.29, 1.82) is 0 Å². The zero-order valence-electron chi connectivity index (χ0n) is 23.4. The molecule has 4 heteroatoms. The Morgan fingerprint density at radius 1 is 0.556 bits per heavy atom. The lowest BCUT2D eigenvalue weighted by atomic mass is 9.98. The van der Waals surface area contributed by atoms with Crippen molar-refractivity contribution in [2.24, 2.45) is 23.7 Å². The minimum Gasteiger partial charge on any atom is -0.494 e. The minimum atomic E-state index is 0.694. The van der Waals surface area contributed by atoms with Crippen LogP contribution in [0.3, 0.4) is 0 Å². The molecule has 0 fully saturated rings. The van der Waals surface area contributed by atoms with Crippen LogP contribution in [-0.2, 0) is 0 Å². The van der Waals surface area contributed by atoms with E-state index in [1.807, 2.05) is 12.1 Å². The van der Waals surface area contributed by atoms with E-state index < -0.39 is 0 Å². The summed E-state index contributed by atoms with van der Waals surface area (Å²) in [5, 5.41) is 0. The quantitative estimate of drug-likeness (QED) is 0.174. The van der Waals surface area contributed by atoms with Crippen LogP contribution in [0.2, 0.25) is 0 Å². The summed E-state index contributed by atoms with van der Waals surface area (Å²) in [7, 11) is 0. The van der Waals surface area contributed by atoms with Crippen molar-refractivity contribution in [2.45, 2.75) is 92.9 Å². The van der Waals surface area contributed by atoms with Gasteiger partial charge in [-0.05, 0) is 72.9 Å². The van der Waals surface area contributed by atoms with Gasteiger partial charge in [0, 0.05) is 20.1 Å². The van der Waals surface area contributed by atoms with E-state index in [9.17, 15) is 0 Å². The van der Waals surface area contributed by atoms with Gasteiger partial charge in [-0.15, -0.1) is 0 Å². The largest absolute Gasteiger partial charge is 0.494 e. The third-order valence-electron chi connectivity index (χ3n) is 6.88. The first-order valence-electron chi connectivity index (χ1n) is 14.0. The smallest absolute Gasteiger partial charge is 0.119 e. The van der Waals surface area contributed by atoms with Gasteiger partial charge in [0.1, 0.15) is 11.5 Å². The van der Waals surface area contributed by atoms with Gasteiger partial charge in [0.05, 0.1) is 13.2 Å². The molecule has 2 nitrogen and oxygen atoms in total. The molecule has 0 aliphatic rings. The van der Waals surface area contributed by atoms with Crippen molar-refractivity contribution in [1.82, 2.24) is 0 Å². The van der Waals surface area contributed by atoms with Crippen LogP contribution in [0.15, 0.2) is 45.3 Å². The first kappa shape index (κ1) is 31.2. The van der Waals surface area contributed by atoms with E-state index in [0.29, 0.717) is 11.8 Å². The molecule has 2 aromatic rings. The van der Waals surface area contributed by atoms with Crippen LogP contribution < -0.4 is 9.47 Å². The lowest BCUT2D eigenvalue weighted by Crippen LogP contribution is -2.05. The minimum absolute atomic E-state index is 0.694. The molecule has 2 unspecified atom stereocenters. The van der Waals surface area contributed by atoms with Gasteiger partial charge in [0.25, 0.3) is 0 Å². The molecule has 202 valence electrons. The predicted molar refractivity (Wildman–Crippen MR) is 163 cm³/mol. The highest BCUT2D eigenvalue weighted by molar-refractivity contribution is 9.11. The molecule has 0 spiro atoms. The fourth-order valence-electron chi connectivity index (χ4n) is 4.39. The van der Waals surface area contributed by atoms with E-state index in [1.54, 1.807) is 0 Å². The second-order valence-corrected chi connectivity index (χ2v) is 13.1. The molecular formula is C32H48Br2O2. The van der Waals surface area contributed by atoms with Crippen molar-refractivity contribution >= 4 is 31.9 Å². The first-order valence-corrected chi connectivity index (χ1v) is 15.6. The summed E-state index contributed by atoms with van der Waals surface area (Å²) in [5.41, 5.74) is 2.22. The molecule has 0 saturated carbocycles. The molecule has 0 N–H and O–H groups in total. The normalized spacial score (nSPS) is 13.3. The number of ether oxygens (including phenoxy) is 2. The Hall–Kier alpha value is -1.00. The highest BCUT2D eigenvalue weighted by Crippen LogP contribution is 2.38. The van der Waals surface area contributed by atoms with Crippen LogP contribution in [-0.4, -0.2) is 13.2 Å². The third-order valence-corrected chi connectivity index (χ3v) is 8.26. The Labute approximate surface area is 238 Å². The van der Waals surface area contributed by atoms with Crippen molar-refractivity contribution in [3.63, 3.8) is 0 Å². The maximum absolute atomic E-state index is 6.16. The number of rotatable bonds is 17. The molecule has 0 heterocycles. The van der Waals surface area contributed by atoms with Gasteiger partial charge in [-0.2, -0.15) is 0 Å². The van der Waals surface area contributed by atoms with Crippen LogP contribution in [0.5, 0.6) is 11.5 Å². The van der Waals surface area contributed by atoms with Crippen LogP contribution in [0.1, 0.15) is 92.9 Å². The van der Waals surface area contributed by atoms with E-state index in [4.69, 9.17) is 9.47 Å². The number of hydrogen-bond donors (Lipinski definition) is 0. The predicted octanol–water partition coefficient (Wildman–Crippen LogP) is 11.3. The van der Waals surface area contributed by atoms with Gasteiger partial charge in [-0.25, -0.2) is 0 Å². The summed E-state index contributed by atoms with van der Waals surface area (Å²) in [5.74, 6) is 4.80. The first-order chi connectivity index (χ1) is 17.2. The number of benzene rings is 2. The Balaban J connectivity index is 1.93. The maximum atomic E-state index is 6.16. The monoisotopic (exact) mass is 622 g/mol. The number of halogens is 2. The second-order valence-electron chi connectivity index (χ2n) is 11.4. The molecule has 0 saturated heterocycles. The molecule has 2 rings (SSSR count). The van der Waals surface area contributed by atoms with Crippen molar-refractivity contribution in [2.75, 3.05) is 13.2 Å². The van der Waals surface area contributed by atoms with Crippen LogP contribution in [0, 0.1) is 23.7 Å². The molecule has 0 aliphatic carbocycles. The van der Waals surface area contributed by atoms with Gasteiger partial charge in [-0.3, -0.25) is 0 Å². The lowest BCUT2D eigenvalue weighted by Gasteiger charge is -2.16. The Morgan fingerprint density at radius 2 is 0.944 bits per heavy atom. The Kier molecular flexibility index (Phi) is 14.5. The molecule has 0 bridgehead atoms. The standard InChI is InChI=1S/C32H48Br2O2/c1-23(2)9-7-11-25(5)17-19-35-27-13-15-31(33)29(21-27)30-22-28(14-16-32(30)34)36-20-18-26(6)12-8-10-24(3)4/h13-16,21-26H,7-12,17-20H2,1-6H3. The van der Waals surface area contributed by atoms with Gasteiger partial charge < -0.3 is 9.47 Å². The zero-order valence-corrected chi connectivity index (χ0v) is 26.6. The molecule has 0 radical (unpaired) electrons. The summed E-state index contributed by atoms with van der Waals surface area (Å²) in [6, 6.07) is 12.5. The summed E-state index contributed by atoms with van der Waals surface area (Å²) in [6.45, 7) is 15.4. The van der Waals surface area contributed by atoms with Crippen molar-refractivity contribution in [3.05, 3.63) is 45.3 Å². The average Bonchev–Trinajstić information content (AvgIpc) is 2.81. The van der Waals surface area contributed by atoms with E-state index in [2.05, 4.69) is 97.7 Å². The summed E-state index contributed by atoms with van der Waals surface area (Å²) >= 11 is 7.49. The third kappa shape index (κ3) is 12.0. The number of hydrogen-bond acceptors (Lipinski definition) is 2. The highest BCUT2D eigenvalue weighted by atomic mass is 79.9. The molecular weight excluding hydrogens is 576 g/mol. The fourth-order valence-corrected chi connectivity index (χ4v) is 5.32. The van der Waals surface area contributed by atoms with Gasteiger partial charge >= 0.3 is 0 Å². The van der Waals surface area contributed by atoms with Gasteiger partial charge in [-0.1, -0.05) is 112 Å². The Morgan fingerprint density at radius 3 is 1.31 bits per heavy atom. The van der Waals surface area contributed by atoms with Crippen LogP contribution in [0.25, 0.3) is 11.1 Å². The summed E-state index contributed by atoms with van der Waals surface area (Å²) in [4.78, 5) is 0. The van der Waals surface area contributed by atoms with Crippen molar-refractivity contribution < 1.29 is 9.47 Å². The maximum Gasteiger partial charge on any atom is 0.119 e. The topological polar surface area (TPSA) is 18.5 Å². The average molecular weight is 625 g/mol. The fraction of sp³-hybridized carbons (Fsp3) is 0.625. The van der Waals surface area contributed by atoms with Crippen LogP contribution in [0.4, 0.5) is 0 Å². The van der Waals surface area contributed by atoms with E-state index >= 15 is 0 Å².